The van der Waals surface area contributed by atoms with E-state index in [1.807, 2.05) is 13.8 Å². The second-order valence-electron chi connectivity index (χ2n) is 6.69. The van der Waals surface area contributed by atoms with Gasteiger partial charge in [-0.3, -0.25) is 9.59 Å². The number of aliphatic carboxylic acids is 1. The summed E-state index contributed by atoms with van der Waals surface area (Å²) in [5.74, 6) is -3.05. The number of carbonyl (C=O) groups excluding carboxylic acids is 2. The quantitative estimate of drug-likeness (QED) is 0.726. The number of hydrogen-bond acceptors (Lipinski definition) is 4. The highest BCUT2D eigenvalue weighted by Gasteiger charge is 2.49. The standard InChI is InChI=1S/C15H25NO5/c1-6-8(2)11(14(20)21-15(3,4)5)16-12(17)9-7-10(9)13(18)19/h8-11H,6-7H2,1-5H3,(H,16,17)(H,18,19)/t8-,9?,10?,11-/m0/s1. The Morgan fingerprint density at radius 1 is 1.29 bits per heavy atom. The molecule has 0 aromatic carbocycles. The average molecular weight is 299 g/mol. The predicted octanol–water partition coefficient (Wildman–Crippen LogP) is 1.58. The van der Waals surface area contributed by atoms with Crippen LogP contribution in [0.5, 0.6) is 0 Å². The van der Waals surface area contributed by atoms with Crippen molar-refractivity contribution in [3.8, 4) is 0 Å². The predicted molar refractivity (Wildman–Crippen MR) is 76.5 cm³/mol. The minimum Gasteiger partial charge on any atom is -0.481 e. The zero-order chi connectivity index (χ0) is 16.4. The van der Waals surface area contributed by atoms with Crippen molar-refractivity contribution in [1.82, 2.24) is 5.32 Å². The first-order valence-corrected chi connectivity index (χ1v) is 7.32. The van der Waals surface area contributed by atoms with Crippen molar-refractivity contribution in [2.45, 2.75) is 59.1 Å². The maximum absolute atomic E-state index is 12.2. The molecule has 0 saturated heterocycles. The van der Waals surface area contributed by atoms with Crippen LogP contribution < -0.4 is 5.32 Å². The highest BCUT2D eigenvalue weighted by molar-refractivity contribution is 5.92. The SMILES string of the molecule is CC[C@H](C)[C@H](NC(=O)C1CC1C(=O)O)C(=O)OC(C)(C)C. The first kappa shape index (κ1) is 17.5. The van der Waals surface area contributed by atoms with Crippen molar-refractivity contribution in [3.05, 3.63) is 0 Å². The Labute approximate surface area is 125 Å². The summed E-state index contributed by atoms with van der Waals surface area (Å²) in [6.45, 7) is 9.08. The third-order valence-electron chi connectivity index (χ3n) is 3.62. The maximum Gasteiger partial charge on any atom is 0.329 e. The lowest BCUT2D eigenvalue weighted by Crippen LogP contribution is -2.48. The van der Waals surface area contributed by atoms with Crippen LogP contribution in [0.1, 0.15) is 47.5 Å². The fourth-order valence-corrected chi connectivity index (χ4v) is 2.05. The Hall–Kier alpha value is -1.59. The monoisotopic (exact) mass is 299 g/mol. The average Bonchev–Trinajstić information content (AvgIpc) is 3.12. The number of carboxylic acid groups (broad SMARTS) is 1. The zero-order valence-electron chi connectivity index (χ0n) is 13.3. The Balaban J connectivity index is 2.69. The van der Waals surface area contributed by atoms with Gasteiger partial charge in [0, 0.05) is 0 Å². The van der Waals surface area contributed by atoms with Gasteiger partial charge in [0.05, 0.1) is 11.8 Å². The van der Waals surface area contributed by atoms with Crippen LogP contribution in [0.15, 0.2) is 0 Å². The van der Waals surface area contributed by atoms with Crippen LogP contribution in [-0.2, 0) is 19.1 Å². The number of esters is 1. The smallest absolute Gasteiger partial charge is 0.329 e. The molecule has 0 spiro atoms. The number of nitrogens with one attached hydrogen (secondary N) is 1. The van der Waals surface area contributed by atoms with Gasteiger partial charge in [-0.05, 0) is 33.1 Å². The summed E-state index contributed by atoms with van der Waals surface area (Å²) in [4.78, 5) is 35.0. The van der Waals surface area contributed by atoms with E-state index in [0.717, 1.165) is 0 Å². The normalized spacial score (nSPS) is 23.9. The third-order valence-corrected chi connectivity index (χ3v) is 3.62. The Kier molecular flexibility index (Phi) is 5.36. The summed E-state index contributed by atoms with van der Waals surface area (Å²) in [6.07, 6.45) is 1.04. The lowest BCUT2D eigenvalue weighted by molar-refractivity contribution is -0.160. The van der Waals surface area contributed by atoms with Crippen molar-refractivity contribution < 1.29 is 24.2 Å². The number of ether oxygens (including phenoxy) is 1. The van der Waals surface area contributed by atoms with Crippen LogP contribution in [0, 0.1) is 17.8 Å². The van der Waals surface area contributed by atoms with Crippen molar-refractivity contribution >= 4 is 17.8 Å². The van der Waals surface area contributed by atoms with Crippen molar-refractivity contribution in [2.24, 2.45) is 17.8 Å². The summed E-state index contributed by atoms with van der Waals surface area (Å²) < 4.78 is 5.33. The van der Waals surface area contributed by atoms with Gasteiger partial charge in [-0.2, -0.15) is 0 Å². The molecular formula is C15H25NO5. The minimum absolute atomic E-state index is 0.0779. The van der Waals surface area contributed by atoms with Crippen LogP contribution in [0.2, 0.25) is 0 Å². The molecule has 0 heterocycles. The van der Waals surface area contributed by atoms with Gasteiger partial charge in [0.15, 0.2) is 0 Å². The molecule has 1 aliphatic rings. The summed E-state index contributed by atoms with van der Waals surface area (Å²) >= 11 is 0. The van der Waals surface area contributed by atoms with E-state index in [1.165, 1.54) is 0 Å². The van der Waals surface area contributed by atoms with Crippen LogP contribution >= 0.6 is 0 Å². The van der Waals surface area contributed by atoms with Gasteiger partial charge in [-0.15, -0.1) is 0 Å². The van der Waals surface area contributed by atoms with Crippen LogP contribution in [-0.4, -0.2) is 34.6 Å². The molecule has 0 radical (unpaired) electrons. The lowest BCUT2D eigenvalue weighted by atomic mass is 9.98. The maximum atomic E-state index is 12.2. The zero-order valence-corrected chi connectivity index (χ0v) is 13.3. The molecule has 1 rings (SSSR count). The molecule has 4 atom stereocenters. The number of rotatable bonds is 6. The second kappa shape index (κ2) is 6.45. The van der Waals surface area contributed by atoms with E-state index in [4.69, 9.17) is 9.84 Å². The van der Waals surface area contributed by atoms with Crippen molar-refractivity contribution in [1.29, 1.82) is 0 Å². The molecule has 1 fully saturated rings. The van der Waals surface area contributed by atoms with Gasteiger partial charge in [-0.1, -0.05) is 20.3 Å². The first-order chi connectivity index (χ1) is 9.56. The Bertz CT molecular complexity index is 426. The number of carboxylic acids is 1. The fraction of sp³-hybridized carbons (Fsp3) is 0.800. The summed E-state index contributed by atoms with van der Waals surface area (Å²) in [5, 5.41) is 11.5. The van der Waals surface area contributed by atoms with Crippen molar-refractivity contribution in [2.75, 3.05) is 0 Å². The summed E-state index contributed by atoms with van der Waals surface area (Å²) in [7, 11) is 0. The third kappa shape index (κ3) is 5.02. The van der Waals surface area contributed by atoms with Crippen LogP contribution in [0.4, 0.5) is 0 Å². The highest BCUT2D eigenvalue weighted by atomic mass is 16.6. The summed E-state index contributed by atoms with van der Waals surface area (Å²) in [6, 6.07) is -0.739. The largest absolute Gasteiger partial charge is 0.481 e. The van der Waals surface area contributed by atoms with E-state index >= 15 is 0 Å². The van der Waals surface area contributed by atoms with E-state index in [-0.39, 0.29) is 11.8 Å². The Morgan fingerprint density at radius 2 is 1.86 bits per heavy atom. The second-order valence-corrected chi connectivity index (χ2v) is 6.69. The van der Waals surface area contributed by atoms with Gasteiger partial charge in [0.25, 0.3) is 0 Å². The molecule has 0 aromatic heterocycles. The number of amides is 1. The summed E-state index contributed by atoms with van der Waals surface area (Å²) in [5.41, 5.74) is -0.628. The number of hydrogen-bond donors (Lipinski definition) is 2. The van der Waals surface area contributed by atoms with E-state index < -0.39 is 35.4 Å². The molecule has 6 nitrogen and oxygen atoms in total. The lowest BCUT2D eigenvalue weighted by Gasteiger charge is -2.27. The molecule has 0 bridgehead atoms. The molecule has 6 heteroatoms. The molecule has 1 aliphatic carbocycles. The molecule has 21 heavy (non-hydrogen) atoms. The molecule has 2 N–H and O–H groups in total. The van der Waals surface area contributed by atoms with E-state index in [9.17, 15) is 14.4 Å². The first-order valence-electron chi connectivity index (χ1n) is 7.32. The van der Waals surface area contributed by atoms with E-state index in [2.05, 4.69) is 5.32 Å². The van der Waals surface area contributed by atoms with Gasteiger partial charge >= 0.3 is 11.9 Å². The fourth-order valence-electron chi connectivity index (χ4n) is 2.05. The molecule has 2 unspecified atom stereocenters. The molecule has 120 valence electrons. The van der Waals surface area contributed by atoms with Crippen molar-refractivity contribution in [3.63, 3.8) is 0 Å². The van der Waals surface area contributed by atoms with Crippen LogP contribution in [0.25, 0.3) is 0 Å². The Morgan fingerprint density at radius 3 is 2.24 bits per heavy atom. The van der Waals surface area contributed by atoms with E-state index in [0.29, 0.717) is 12.8 Å². The number of carbonyl (C=O) groups is 3. The van der Waals surface area contributed by atoms with E-state index in [1.54, 1.807) is 20.8 Å². The van der Waals surface area contributed by atoms with Gasteiger partial charge in [-0.25, -0.2) is 4.79 Å². The molecule has 0 aliphatic heterocycles. The minimum atomic E-state index is -0.965. The molecular weight excluding hydrogens is 274 g/mol. The van der Waals surface area contributed by atoms with Gasteiger partial charge in [0.2, 0.25) is 5.91 Å². The molecule has 0 aromatic rings. The molecule has 1 amide bonds. The van der Waals surface area contributed by atoms with Crippen LogP contribution in [0.3, 0.4) is 0 Å². The topological polar surface area (TPSA) is 92.7 Å². The van der Waals surface area contributed by atoms with Gasteiger partial charge < -0.3 is 15.2 Å². The molecule has 1 saturated carbocycles. The van der Waals surface area contributed by atoms with Gasteiger partial charge in [0.1, 0.15) is 11.6 Å². The highest BCUT2D eigenvalue weighted by Crippen LogP contribution is 2.38.